The van der Waals surface area contributed by atoms with Gasteiger partial charge in [-0.25, -0.2) is 0 Å². The third-order valence-electron chi connectivity index (χ3n) is 7.45. The lowest BCUT2D eigenvalue weighted by molar-refractivity contribution is -0.145. The summed E-state index contributed by atoms with van der Waals surface area (Å²) in [7, 11) is 1.70. The standard InChI is InChI=1S/C26H29F3N2O2/c1-33-12-2-10-30-15-20(16-30)25(32)31-11-9-19-14-24(31)23-13-18(5-8-22(19)23)17-3-6-21(7-4-17)26(27,28)29/h3-8,13,19-20,24H,2,9-12,14-16H2,1H3/t19?,24-/m0/s1. The number of benzene rings is 2. The highest BCUT2D eigenvalue weighted by molar-refractivity contribution is 5.81. The zero-order valence-electron chi connectivity index (χ0n) is 18.8. The number of ether oxygens (including phenoxy) is 1. The number of carbonyl (C=O) groups is 1. The Morgan fingerprint density at radius 3 is 2.48 bits per heavy atom. The lowest BCUT2D eigenvalue weighted by Gasteiger charge is -2.43. The molecule has 2 bridgehead atoms. The number of hydrogen-bond acceptors (Lipinski definition) is 3. The summed E-state index contributed by atoms with van der Waals surface area (Å²) >= 11 is 0. The molecule has 2 fully saturated rings. The van der Waals surface area contributed by atoms with Gasteiger partial charge in [-0.05, 0) is 65.6 Å². The second-order valence-electron chi connectivity index (χ2n) is 9.49. The summed E-state index contributed by atoms with van der Waals surface area (Å²) in [5, 5.41) is 0. The van der Waals surface area contributed by atoms with Gasteiger partial charge < -0.3 is 14.5 Å². The number of amides is 1. The molecule has 2 aliphatic heterocycles. The van der Waals surface area contributed by atoms with Crippen LogP contribution in [0, 0.1) is 5.92 Å². The summed E-state index contributed by atoms with van der Waals surface area (Å²) in [5.74, 6) is 0.767. The average Bonchev–Trinajstić information content (AvgIpc) is 3.06. The molecular formula is C26H29F3N2O2. The molecule has 0 aromatic heterocycles. The highest BCUT2D eigenvalue weighted by atomic mass is 19.4. The van der Waals surface area contributed by atoms with Gasteiger partial charge in [-0.15, -0.1) is 0 Å². The Kier molecular flexibility index (Phi) is 5.95. The van der Waals surface area contributed by atoms with Crippen LogP contribution in [0.4, 0.5) is 13.2 Å². The minimum Gasteiger partial charge on any atom is -0.385 e. The van der Waals surface area contributed by atoms with Crippen molar-refractivity contribution in [3.63, 3.8) is 0 Å². The van der Waals surface area contributed by atoms with Crippen molar-refractivity contribution in [3.05, 3.63) is 59.2 Å². The molecule has 4 nitrogen and oxygen atoms in total. The van der Waals surface area contributed by atoms with Gasteiger partial charge in [0.15, 0.2) is 0 Å². The number of nitrogens with zero attached hydrogens (tertiary/aromatic N) is 2. The molecule has 2 aromatic carbocycles. The van der Waals surface area contributed by atoms with Crippen molar-refractivity contribution >= 4 is 5.91 Å². The molecule has 0 radical (unpaired) electrons. The third kappa shape index (κ3) is 4.28. The lowest BCUT2D eigenvalue weighted by Crippen LogP contribution is -2.55. The van der Waals surface area contributed by atoms with Crippen LogP contribution in [0.5, 0.6) is 0 Å². The second kappa shape index (κ2) is 8.76. The van der Waals surface area contributed by atoms with E-state index in [0.29, 0.717) is 5.92 Å². The van der Waals surface area contributed by atoms with Gasteiger partial charge in [0.25, 0.3) is 0 Å². The maximum absolute atomic E-state index is 13.3. The first-order chi connectivity index (χ1) is 15.8. The second-order valence-corrected chi connectivity index (χ2v) is 9.49. The molecule has 2 aromatic rings. The predicted molar refractivity (Wildman–Crippen MR) is 120 cm³/mol. The van der Waals surface area contributed by atoms with Gasteiger partial charge in [0.2, 0.25) is 5.91 Å². The van der Waals surface area contributed by atoms with Crippen molar-refractivity contribution in [3.8, 4) is 11.1 Å². The number of methoxy groups -OCH3 is 1. The van der Waals surface area contributed by atoms with Crippen molar-refractivity contribution in [2.75, 3.05) is 39.9 Å². The van der Waals surface area contributed by atoms with Gasteiger partial charge in [-0.2, -0.15) is 13.2 Å². The Morgan fingerprint density at radius 1 is 1.06 bits per heavy atom. The zero-order chi connectivity index (χ0) is 23.2. The number of likely N-dealkylation sites (tertiary alicyclic amines) is 2. The van der Waals surface area contributed by atoms with E-state index in [1.807, 2.05) is 6.07 Å². The summed E-state index contributed by atoms with van der Waals surface area (Å²) in [5.41, 5.74) is 3.48. The van der Waals surface area contributed by atoms with E-state index >= 15 is 0 Å². The minimum atomic E-state index is -4.34. The van der Waals surface area contributed by atoms with Crippen molar-refractivity contribution in [1.82, 2.24) is 9.80 Å². The SMILES string of the molecule is COCCCN1CC(C(=O)N2CCC3C[C@H]2c2cc(-c4ccc(C(F)(F)F)cc4)ccc23)C1. The van der Waals surface area contributed by atoms with Crippen LogP contribution < -0.4 is 0 Å². The van der Waals surface area contributed by atoms with Crippen LogP contribution in [0.3, 0.4) is 0 Å². The molecule has 1 aliphatic carbocycles. The lowest BCUT2D eigenvalue weighted by atomic mass is 9.92. The first-order valence-electron chi connectivity index (χ1n) is 11.7. The van der Waals surface area contributed by atoms with Crippen LogP contribution in [0.15, 0.2) is 42.5 Å². The molecule has 2 saturated heterocycles. The Balaban J connectivity index is 1.31. The van der Waals surface area contributed by atoms with Crippen LogP contribution in [-0.4, -0.2) is 55.6 Å². The Labute approximate surface area is 192 Å². The number of halogens is 3. The summed E-state index contributed by atoms with van der Waals surface area (Å²) in [6, 6.07) is 11.6. The van der Waals surface area contributed by atoms with E-state index in [9.17, 15) is 18.0 Å². The molecule has 2 heterocycles. The first kappa shape index (κ1) is 22.4. The van der Waals surface area contributed by atoms with Gasteiger partial charge in [-0.3, -0.25) is 4.79 Å². The maximum Gasteiger partial charge on any atom is 0.416 e. The fraction of sp³-hybridized carbons (Fsp3) is 0.500. The summed E-state index contributed by atoms with van der Waals surface area (Å²) < 4.78 is 43.9. The molecule has 1 unspecified atom stereocenters. The highest BCUT2D eigenvalue weighted by Gasteiger charge is 2.44. The van der Waals surface area contributed by atoms with Crippen LogP contribution >= 0.6 is 0 Å². The average molecular weight is 459 g/mol. The van der Waals surface area contributed by atoms with E-state index in [0.717, 1.165) is 75.3 Å². The van der Waals surface area contributed by atoms with Crippen LogP contribution in [0.25, 0.3) is 11.1 Å². The van der Waals surface area contributed by atoms with E-state index in [1.54, 1.807) is 7.11 Å². The summed E-state index contributed by atoms with van der Waals surface area (Å²) in [6.45, 7) is 4.10. The van der Waals surface area contributed by atoms with Crippen LogP contribution in [-0.2, 0) is 15.7 Å². The predicted octanol–water partition coefficient (Wildman–Crippen LogP) is 5.10. The van der Waals surface area contributed by atoms with Gasteiger partial charge >= 0.3 is 6.18 Å². The molecule has 7 heteroatoms. The van der Waals surface area contributed by atoms with E-state index in [-0.39, 0.29) is 17.9 Å². The zero-order valence-corrected chi connectivity index (χ0v) is 18.8. The first-order valence-corrected chi connectivity index (χ1v) is 11.7. The molecule has 5 rings (SSSR count). The van der Waals surface area contributed by atoms with Gasteiger partial charge in [0.1, 0.15) is 0 Å². The third-order valence-corrected chi connectivity index (χ3v) is 7.45. The van der Waals surface area contributed by atoms with Crippen molar-refractivity contribution < 1.29 is 22.7 Å². The highest BCUT2D eigenvalue weighted by Crippen LogP contribution is 2.50. The Morgan fingerprint density at radius 2 is 1.79 bits per heavy atom. The summed E-state index contributed by atoms with van der Waals surface area (Å²) in [4.78, 5) is 17.7. The molecule has 33 heavy (non-hydrogen) atoms. The van der Waals surface area contributed by atoms with Crippen LogP contribution in [0.1, 0.15) is 47.9 Å². The number of alkyl halides is 3. The Bertz CT molecular complexity index is 1020. The Hall–Kier alpha value is -2.38. The number of piperidine rings is 1. The largest absolute Gasteiger partial charge is 0.416 e. The number of hydrogen-bond donors (Lipinski definition) is 0. The fourth-order valence-corrected chi connectivity index (χ4v) is 5.65. The van der Waals surface area contributed by atoms with Gasteiger partial charge in [-0.1, -0.05) is 24.3 Å². The summed E-state index contributed by atoms with van der Waals surface area (Å²) in [6.07, 6.45) is -1.44. The molecule has 3 aliphatic rings. The van der Waals surface area contributed by atoms with Crippen molar-refractivity contribution in [2.45, 2.75) is 37.4 Å². The molecule has 2 atom stereocenters. The molecule has 1 amide bonds. The van der Waals surface area contributed by atoms with Crippen molar-refractivity contribution in [2.24, 2.45) is 5.92 Å². The number of fused-ring (bicyclic) bond motifs is 5. The normalized spacial score (nSPS) is 22.8. The van der Waals surface area contributed by atoms with E-state index < -0.39 is 11.7 Å². The smallest absolute Gasteiger partial charge is 0.385 e. The van der Waals surface area contributed by atoms with E-state index in [4.69, 9.17) is 4.74 Å². The minimum absolute atomic E-state index is 0.0613. The number of rotatable bonds is 6. The van der Waals surface area contributed by atoms with E-state index in [1.165, 1.54) is 23.3 Å². The van der Waals surface area contributed by atoms with Crippen LogP contribution in [0.2, 0.25) is 0 Å². The number of carbonyl (C=O) groups excluding carboxylic acids is 1. The molecule has 176 valence electrons. The quantitative estimate of drug-likeness (QED) is 0.565. The molecular weight excluding hydrogens is 429 g/mol. The van der Waals surface area contributed by atoms with E-state index in [2.05, 4.69) is 21.9 Å². The molecule has 0 spiro atoms. The maximum atomic E-state index is 13.3. The topological polar surface area (TPSA) is 32.8 Å². The molecule has 0 N–H and O–H groups in total. The van der Waals surface area contributed by atoms with Crippen molar-refractivity contribution in [1.29, 1.82) is 0 Å². The molecule has 0 saturated carbocycles. The monoisotopic (exact) mass is 458 g/mol. The fourth-order valence-electron chi connectivity index (χ4n) is 5.65. The van der Waals surface area contributed by atoms with Gasteiger partial charge in [0, 0.05) is 39.9 Å². The van der Waals surface area contributed by atoms with Gasteiger partial charge in [0.05, 0.1) is 17.5 Å².